The molecule has 0 saturated heterocycles. The van der Waals surface area contributed by atoms with E-state index in [9.17, 15) is 4.79 Å². The minimum atomic E-state index is 0.0692. The molecule has 1 aliphatic heterocycles. The average molecular weight is 263 g/mol. The number of hydrogen-bond acceptors (Lipinski definition) is 1. The van der Waals surface area contributed by atoms with E-state index in [1.54, 1.807) is 6.92 Å². The molecule has 0 radical (unpaired) electrons. The third-order valence-electron chi connectivity index (χ3n) is 3.79. The highest BCUT2D eigenvalue weighted by Gasteiger charge is 2.21. The molecule has 20 heavy (non-hydrogen) atoms. The van der Waals surface area contributed by atoms with Crippen LogP contribution in [0.3, 0.4) is 0 Å². The van der Waals surface area contributed by atoms with E-state index in [0.29, 0.717) is 6.54 Å². The summed E-state index contributed by atoms with van der Waals surface area (Å²) in [6.45, 7) is 6.44. The maximum Gasteiger partial charge on any atom is 0.224 e. The normalized spacial score (nSPS) is 14.1. The fraction of sp³-hybridized carbons (Fsp3) is 0.167. The standard InChI is InChI=1S/C18H17NO/c1-13-11-15-7-4-6-10-18(15)19(14(2)20)12-16-8-3-5-9-17(13)16/h3-10H,1,11-12H2,2H3. The Kier molecular flexibility index (Phi) is 3.15. The van der Waals surface area contributed by atoms with Gasteiger partial charge in [-0.2, -0.15) is 0 Å². The summed E-state index contributed by atoms with van der Waals surface area (Å²) in [6.07, 6.45) is 0.775. The molecule has 3 rings (SSSR count). The summed E-state index contributed by atoms with van der Waals surface area (Å²) in [5.41, 5.74) is 5.57. The molecule has 0 N–H and O–H groups in total. The molecule has 0 saturated carbocycles. The molecule has 0 bridgehead atoms. The number of anilines is 1. The summed E-state index contributed by atoms with van der Waals surface area (Å²) in [5.74, 6) is 0.0692. The van der Waals surface area contributed by atoms with Gasteiger partial charge in [0.1, 0.15) is 0 Å². The molecule has 0 fully saturated rings. The maximum atomic E-state index is 12.0. The second-order valence-electron chi connectivity index (χ2n) is 5.17. The van der Waals surface area contributed by atoms with Crippen LogP contribution >= 0.6 is 0 Å². The molecule has 0 unspecified atom stereocenters. The number of rotatable bonds is 0. The zero-order chi connectivity index (χ0) is 14.1. The summed E-state index contributed by atoms with van der Waals surface area (Å²) in [7, 11) is 0. The summed E-state index contributed by atoms with van der Waals surface area (Å²) < 4.78 is 0. The van der Waals surface area contributed by atoms with Crippen LogP contribution in [0.15, 0.2) is 55.1 Å². The van der Waals surface area contributed by atoms with E-state index < -0.39 is 0 Å². The molecule has 2 aromatic rings. The lowest BCUT2D eigenvalue weighted by atomic mass is 9.92. The second kappa shape index (κ2) is 4.97. The zero-order valence-corrected chi connectivity index (χ0v) is 11.6. The fourth-order valence-corrected chi connectivity index (χ4v) is 2.79. The predicted octanol–water partition coefficient (Wildman–Crippen LogP) is 3.81. The van der Waals surface area contributed by atoms with Crippen LogP contribution in [-0.2, 0) is 17.8 Å². The van der Waals surface area contributed by atoms with Gasteiger partial charge in [-0.1, -0.05) is 49.0 Å². The quantitative estimate of drug-likeness (QED) is 0.707. The Labute approximate surface area is 119 Å². The highest BCUT2D eigenvalue weighted by Crippen LogP contribution is 2.32. The van der Waals surface area contributed by atoms with Gasteiger partial charge in [0, 0.05) is 12.6 Å². The van der Waals surface area contributed by atoms with Crippen molar-refractivity contribution in [1.29, 1.82) is 0 Å². The van der Waals surface area contributed by atoms with Crippen LogP contribution < -0.4 is 4.90 Å². The summed E-state index contributed by atoms with van der Waals surface area (Å²) in [4.78, 5) is 13.9. The van der Waals surface area contributed by atoms with Crippen LogP contribution in [0.2, 0.25) is 0 Å². The molecule has 2 aromatic carbocycles. The Morgan fingerprint density at radius 1 is 1.05 bits per heavy atom. The van der Waals surface area contributed by atoms with E-state index in [0.717, 1.165) is 34.4 Å². The molecule has 2 heteroatoms. The molecular weight excluding hydrogens is 246 g/mol. The van der Waals surface area contributed by atoms with Gasteiger partial charge in [0.05, 0.1) is 6.54 Å². The van der Waals surface area contributed by atoms with Crippen molar-refractivity contribution in [1.82, 2.24) is 0 Å². The van der Waals surface area contributed by atoms with Crippen LogP contribution in [0.1, 0.15) is 23.6 Å². The number of benzene rings is 2. The monoisotopic (exact) mass is 263 g/mol. The van der Waals surface area contributed by atoms with Crippen molar-refractivity contribution >= 4 is 17.2 Å². The van der Waals surface area contributed by atoms with Gasteiger partial charge in [0.2, 0.25) is 5.91 Å². The van der Waals surface area contributed by atoms with Crippen molar-refractivity contribution in [2.24, 2.45) is 0 Å². The van der Waals surface area contributed by atoms with Gasteiger partial charge >= 0.3 is 0 Å². The Morgan fingerprint density at radius 3 is 2.45 bits per heavy atom. The van der Waals surface area contributed by atoms with Gasteiger partial charge in [0.25, 0.3) is 0 Å². The first kappa shape index (κ1) is 12.7. The first-order chi connectivity index (χ1) is 9.66. The first-order valence-electron chi connectivity index (χ1n) is 6.79. The number of carbonyl (C=O) groups excluding carboxylic acids is 1. The third kappa shape index (κ3) is 2.14. The maximum absolute atomic E-state index is 12.0. The van der Waals surface area contributed by atoms with Crippen molar-refractivity contribution < 1.29 is 4.79 Å². The van der Waals surface area contributed by atoms with Crippen LogP contribution in [-0.4, -0.2) is 5.91 Å². The van der Waals surface area contributed by atoms with Crippen molar-refractivity contribution in [3.05, 3.63) is 71.8 Å². The Hall–Kier alpha value is -2.35. The molecule has 100 valence electrons. The number of amides is 1. The molecule has 1 amide bonds. The minimum absolute atomic E-state index is 0.0692. The molecule has 0 aliphatic carbocycles. The molecular formula is C18H17NO. The molecule has 0 spiro atoms. The van der Waals surface area contributed by atoms with Crippen LogP contribution in [0, 0.1) is 0 Å². The van der Waals surface area contributed by atoms with Gasteiger partial charge in [-0.3, -0.25) is 4.79 Å². The second-order valence-corrected chi connectivity index (χ2v) is 5.17. The number of nitrogens with zero attached hydrogens (tertiary/aromatic N) is 1. The van der Waals surface area contributed by atoms with Crippen LogP contribution in [0.25, 0.3) is 5.57 Å². The van der Waals surface area contributed by atoms with Crippen LogP contribution in [0.4, 0.5) is 5.69 Å². The number of carbonyl (C=O) groups is 1. The largest absolute Gasteiger partial charge is 0.308 e. The predicted molar refractivity (Wildman–Crippen MR) is 82.5 cm³/mol. The van der Waals surface area contributed by atoms with Gasteiger partial charge in [0.15, 0.2) is 0 Å². The highest BCUT2D eigenvalue weighted by atomic mass is 16.2. The van der Waals surface area contributed by atoms with Crippen LogP contribution in [0.5, 0.6) is 0 Å². The fourth-order valence-electron chi connectivity index (χ4n) is 2.79. The van der Waals surface area contributed by atoms with Crippen molar-refractivity contribution in [3.63, 3.8) is 0 Å². The van der Waals surface area contributed by atoms with E-state index >= 15 is 0 Å². The molecule has 0 atom stereocenters. The molecule has 2 nitrogen and oxygen atoms in total. The number of para-hydroxylation sites is 1. The Balaban J connectivity index is 2.17. The lowest BCUT2D eigenvalue weighted by molar-refractivity contribution is -0.116. The van der Waals surface area contributed by atoms with Gasteiger partial charge in [-0.05, 0) is 34.8 Å². The number of fused-ring (bicyclic) bond motifs is 2. The Bertz CT molecular complexity index is 687. The molecule has 0 aromatic heterocycles. The number of allylic oxidation sites excluding steroid dienone is 1. The zero-order valence-electron chi connectivity index (χ0n) is 11.6. The number of hydrogen-bond donors (Lipinski definition) is 0. The summed E-state index contributed by atoms with van der Waals surface area (Å²) in [6, 6.07) is 16.3. The van der Waals surface area contributed by atoms with Crippen molar-refractivity contribution in [2.45, 2.75) is 19.9 Å². The van der Waals surface area contributed by atoms with E-state index in [4.69, 9.17) is 0 Å². The van der Waals surface area contributed by atoms with E-state index in [-0.39, 0.29) is 5.91 Å². The van der Waals surface area contributed by atoms with Gasteiger partial charge < -0.3 is 4.90 Å². The summed E-state index contributed by atoms with van der Waals surface area (Å²) >= 11 is 0. The summed E-state index contributed by atoms with van der Waals surface area (Å²) in [5, 5.41) is 0. The lowest BCUT2D eigenvalue weighted by Gasteiger charge is -2.28. The molecule has 1 aliphatic rings. The van der Waals surface area contributed by atoms with Gasteiger partial charge in [-0.15, -0.1) is 0 Å². The lowest BCUT2D eigenvalue weighted by Crippen LogP contribution is -2.30. The SMILES string of the molecule is C=C1Cc2ccccc2N(C(C)=O)Cc2ccccc21. The van der Waals surface area contributed by atoms with Crippen molar-refractivity contribution in [3.8, 4) is 0 Å². The first-order valence-corrected chi connectivity index (χ1v) is 6.79. The third-order valence-corrected chi connectivity index (χ3v) is 3.79. The van der Waals surface area contributed by atoms with E-state index in [1.165, 1.54) is 0 Å². The van der Waals surface area contributed by atoms with E-state index in [2.05, 4.69) is 24.8 Å². The molecule has 1 heterocycles. The van der Waals surface area contributed by atoms with E-state index in [1.807, 2.05) is 35.2 Å². The van der Waals surface area contributed by atoms with Gasteiger partial charge in [-0.25, -0.2) is 0 Å². The smallest absolute Gasteiger partial charge is 0.224 e. The minimum Gasteiger partial charge on any atom is -0.308 e. The average Bonchev–Trinajstić information content (AvgIpc) is 2.44. The highest BCUT2D eigenvalue weighted by molar-refractivity contribution is 5.93. The Morgan fingerprint density at radius 2 is 1.70 bits per heavy atom. The van der Waals surface area contributed by atoms with Crippen molar-refractivity contribution in [2.75, 3.05) is 4.90 Å². The topological polar surface area (TPSA) is 20.3 Å².